The van der Waals surface area contributed by atoms with Crippen LogP contribution in [0.25, 0.3) is 0 Å². The Balaban J connectivity index is 2.75. The number of carbonyl (C=O) groups is 1. The molecule has 18 heavy (non-hydrogen) atoms. The molecule has 4 nitrogen and oxygen atoms in total. The van der Waals surface area contributed by atoms with E-state index in [0.29, 0.717) is 0 Å². The van der Waals surface area contributed by atoms with Crippen LogP contribution in [0.5, 0.6) is 0 Å². The van der Waals surface area contributed by atoms with E-state index in [2.05, 4.69) is 5.32 Å². The number of benzene rings is 1. The van der Waals surface area contributed by atoms with Crippen molar-refractivity contribution in [2.24, 2.45) is 0 Å². The van der Waals surface area contributed by atoms with Gasteiger partial charge < -0.3 is 15.8 Å². The number of hydrogen-bond donors (Lipinski definition) is 2. The van der Waals surface area contributed by atoms with E-state index in [1.807, 2.05) is 31.4 Å². The average molecular weight is 268 g/mol. The Labute approximate surface area is 112 Å². The second-order valence-electron chi connectivity index (χ2n) is 4.07. The molecule has 0 amide bonds. The van der Waals surface area contributed by atoms with Crippen molar-refractivity contribution in [1.82, 2.24) is 0 Å². The van der Waals surface area contributed by atoms with Crippen molar-refractivity contribution in [3.63, 3.8) is 0 Å². The Bertz CT molecular complexity index is 410. The molecular formula is C13H20N2O2S. The number of nitrogens with one attached hydrogen (secondary N) is 1. The minimum absolute atomic E-state index is 0.237. The Kier molecular flexibility index (Phi) is 5.85. The fraction of sp³-hybridized carbons (Fsp3) is 0.462. The molecule has 3 N–H and O–H groups in total. The number of anilines is 2. The van der Waals surface area contributed by atoms with Crippen molar-refractivity contribution >= 4 is 29.1 Å². The fourth-order valence-corrected chi connectivity index (χ4v) is 2.06. The molecule has 0 heterocycles. The molecule has 0 bridgehead atoms. The predicted molar refractivity (Wildman–Crippen MR) is 78.0 cm³/mol. The van der Waals surface area contributed by atoms with Gasteiger partial charge in [0, 0.05) is 11.4 Å². The number of thioether (sulfide) groups is 1. The van der Waals surface area contributed by atoms with E-state index in [4.69, 9.17) is 10.5 Å². The van der Waals surface area contributed by atoms with Crippen molar-refractivity contribution in [2.75, 3.05) is 30.2 Å². The molecule has 0 aliphatic heterocycles. The third-order valence-electron chi connectivity index (χ3n) is 2.71. The second-order valence-corrected chi connectivity index (χ2v) is 5.06. The van der Waals surface area contributed by atoms with Crippen LogP contribution in [0.2, 0.25) is 0 Å². The highest BCUT2D eigenvalue weighted by Crippen LogP contribution is 2.18. The number of hydrogen-bond acceptors (Lipinski definition) is 5. The van der Waals surface area contributed by atoms with Crippen LogP contribution >= 0.6 is 11.8 Å². The van der Waals surface area contributed by atoms with Gasteiger partial charge in [-0.2, -0.15) is 11.8 Å². The lowest BCUT2D eigenvalue weighted by molar-refractivity contribution is -0.141. The molecular weight excluding hydrogens is 248 g/mol. The Morgan fingerprint density at radius 3 is 2.83 bits per heavy atom. The number of esters is 1. The third-order valence-corrected chi connectivity index (χ3v) is 3.35. The van der Waals surface area contributed by atoms with Crippen LogP contribution in [-0.4, -0.2) is 31.1 Å². The highest BCUT2D eigenvalue weighted by atomic mass is 32.2. The number of nitrogen functional groups attached to an aromatic ring is 1. The zero-order chi connectivity index (χ0) is 13.5. The van der Waals surface area contributed by atoms with Gasteiger partial charge in [-0.05, 0) is 49.1 Å². The standard InChI is InChI=1S/C13H20N2O2S/c1-9-8-10(4-5-11(9)14)15-12(6-7-18-3)13(16)17-2/h4-5,8,12,15H,6-7,14H2,1-3H3. The maximum Gasteiger partial charge on any atom is 0.328 e. The van der Waals surface area contributed by atoms with Crippen molar-refractivity contribution in [3.8, 4) is 0 Å². The summed E-state index contributed by atoms with van der Waals surface area (Å²) in [5.41, 5.74) is 8.39. The largest absolute Gasteiger partial charge is 0.467 e. The summed E-state index contributed by atoms with van der Waals surface area (Å²) in [6.07, 6.45) is 2.75. The normalized spacial score (nSPS) is 11.9. The second kappa shape index (κ2) is 7.16. The van der Waals surface area contributed by atoms with E-state index in [1.165, 1.54) is 7.11 Å². The minimum Gasteiger partial charge on any atom is -0.467 e. The van der Waals surface area contributed by atoms with E-state index in [9.17, 15) is 4.79 Å². The summed E-state index contributed by atoms with van der Waals surface area (Å²) in [5, 5.41) is 3.19. The summed E-state index contributed by atoms with van der Waals surface area (Å²) in [7, 11) is 1.41. The van der Waals surface area contributed by atoms with Crippen molar-refractivity contribution in [2.45, 2.75) is 19.4 Å². The van der Waals surface area contributed by atoms with E-state index in [-0.39, 0.29) is 12.0 Å². The molecule has 1 unspecified atom stereocenters. The first-order valence-corrected chi connectivity index (χ1v) is 7.17. The SMILES string of the molecule is COC(=O)C(CCSC)Nc1ccc(N)c(C)c1. The monoisotopic (exact) mass is 268 g/mol. The molecule has 0 saturated carbocycles. The third kappa shape index (κ3) is 4.14. The van der Waals surface area contributed by atoms with Crippen LogP contribution in [0.1, 0.15) is 12.0 Å². The predicted octanol–water partition coefficient (Wildman–Crippen LogP) is 2.28. The van der Waals surface area contributed by atoms with Gasteiger partial charge in [0.15, 0.2) is 0 Å². The number of methoxy groups -OCH3 is 1. The quantitative estimate of drug-likeness (QED) is 0.612. The number of carbonyl (C=O) groups excluding carboxylic acids is 1. The highest BCUT2D eigenvalue weighted by molar-refractivity contribution is 7.98. The molecule has 0 spiro atoms. The van der Waals surface area contributed by atoms with E-state index in [0.717, 1.165) is 29.1 Å². The van der Waals surface area contributed by atoms with Crippen LogP contribution in [-0.2, 0) is 9.53 Å². The zero-order valence-corrected chi connectivity index (χ0v) is 11.8. The smallest absolute Gasteiger partial charge is 0.328 e. The lowest BCUT2D eigenvalue weighted by atomic mass is 10.1. The van der Waals surface area contributed by atoms with Crippen LogP contribution in [0.15, 0.2) is 18.2 Å². The van der Waals surface area contributed by atoms with Gasteiger partial charge in [-0.25, -0.2) is 4.79 Å². The zero-order valence-electron chi connectivity index (χ0n) is 11.0. The fourth-order valence-electron chi connectivity index (χ4n) is 1.59. The number of nitrogens with two attached hydrogens (primary N) is 1. The maximum absolute atomic E-state index is 11.7. The Hall–Kier alpha value is -1.36. The molecule has 100 valence electrons. The van der Waals surface area contributed by atoms with E-state index in [1.54, 1.807) is 11.8 Å². The van der Waals surface area contributed by atoms with E-state index < -0.39 is 0 Å². The highest BCUT2D eigenvalue weighted by Gasteiger charge is 2.18. The first-order valence-electron chi connectivity index (χ1n) is 5.78. The summed E-state index contributed by atoms with van der Waals surface area (Å²) < 4.78 is 4.80. The Morgan fingerprint density at radius 2 is 2.28 bits per heavy atom. The van der Waals surface area contributed by atoms with Gasteiger partial charge in [0.05, 0.1) is 7.11 Å². The lowest BCUT2D eigenvalue weighted by Crippen LogP contribution is -2.31. The summed E-state index contributed by atoms with van der Waals surface area (Å²) in [6, 6.07) is 5.33. The minimum atomic E-state index is -0.314. The van der Waals surface area contributed by atoms with E-state index >= 15 is 0 Å². The van der Waals surface area contributed by atoms with Crippen LogP contribution in [0, 0.1) is 6.92 Å². The van der Waals surface area contributed by atoms with Gasteiger partial charge >= 0.3 is 5.97 Å². The maximum atomic E-state index is 11.7. The van der Waals surface area contributed by atoms with Gasteiger partial charge in [0.25, 0.3) is 0 Å². The first-order chi connectivity index (χ1) is 8.58. The summed E-state index contributed by atoms with van der Waals surface area (Å²) >= 11 is 1.71. The van der Waals surface area contributed by atoms with Gasteiger partial charge in [0.1, 0.15) is 6.04 Å². The van der Waals surface area contributed by atoms with Crippen LogP contribution in [0.3, 0.4) is 0 Å². The van der Waals surface area contributed by atoms with Gasteiger partial charge in [-0.3, -0.25) is 0 Å². The molecule has 1 aromatic rings. The van der Waals surface area contributed by atoms with Crippen molar-refractivity contribution in [3.05, 3.63) is 23.8 Å². The lowest BCUT2D eigenvalue weighted by Gasteiger charge is -2.17. The molecule has 0 aromatic heterocycles. The molecule has 5 heteroatoms. The molecule has 1 atom stereocenters. The van der Waals surface area contributed by atoms with Gasteiger partial charge in [-0.15, -0.1) is 0 Å². The topological polar surface area (TPSA) is 64.3 Å². The molecule has 0 aliphatic rings. The van der Waals surface area contributed by atoms with Crippen LogP contribution in [0.4, 0.5) is 11.4 Å². The summed E-state index contributed by atoms with van der Waals surface area (Å²) in [4.78, 5) is 11.7. The first kappa shape index (κ1) is 14.7. The molecule has 0 aliphatic carbocycles. The van der Waals surface area contributed by atoms with Crippen molar-refractivity contribution in [1.29, 1.82) is 0 Å². The van der Waals surface area contributed by atoms with Gasteiger partial charge in [-0.1, -0.05) is 0 Å². The summed E-state index contributed by atoms with van der Waals surface area (Å²) in [6.45, 7) is 1.94. The molecule has 1 rings (SSSR count). The average Bonchev–Trinajstić information content (AvgIpc) is 2.37. The number of rotatable bonds is 6. The number of aryl methyl sites for hydroxylation is 1. The molecule has 1 aromatic carbocycles. The molecule has 0 radical (unpaired) electrons. The number of ether oxygens (including phenoxy) is 1. The van der Waals surface area contributed by atoms with Crippen molar-refractivity contribution < 1.29 is 9.53 Å². The molecule has 0 saturated heterocycles. The van der Waals surface area contributed by atoms with Crippen LogP contribution < -0.4 is 11.1 Å². The summed E-state index contributed by atoms with van der Waals surface area (Å²) in [5.74, 6) is 0.666. The van der Waals surface area contributed by atoms with Gasteiger partial charge in [0.2, 0.25) is 0 Å². The molecule has 0 fully saturated rings. The Morgan fingerprint density at radius 1 is 1.56 bits per heavy atom.